The van der Waals surface area contributed by atoms with Gasteiger partial charge in [0.2, 0.25) is 0 Å². The molecule has 5 nitrogen and oxygen atoms in total. The van der Waals surface area contributed by atoms with Crippen molar-refractivity contribution in [3.63, 3.8) is 0 Å². The SMILES string of the molecule is CCc1ccc(OCC(=O)N2N=CCC2(O)C(F)(F)F)cc1. The molecule has 0 saturated heterocycles. The van der Waals surface area contributed by atoms with Crippen molar-refractivity contribution in [1.82, 2.24) is 5.01 Å². The van der Waals surface area contributed by atoms with Crippen LogP contribution in [0.3, 0.4) is 0 Å². The van der Waals surface area contributed by atoms with Gasteiger partial charge in [-0.25, -0.2) is 0 Å². The Balaban J connectivity index is 2.01. The average molecular weight is 316 g/mol. The number of amides is 1. The number of hydrogen-bond acceptors (Lipinski definition) is 4. The number of ether oxygens (including phenoxy) is 1. The van der Waals surface area contributed by atoms with Crippen LogP contribution < -0.4 is 4.74 Å². The Hall–Kier alpha value is -2.09. The first-order chi connectivity index (χ1) is 10.3. The van der Waals surface area contributed by atoms with Crippen molar-refractivity contribution >= 4 is 12.1 Å². The third-order valence-electron chi connectivity index (χ3n) is 3.31. The molecule has 1 aromatic carbocycles. The lowest BCUT2D eigenvalue weighted by molar-refractivity contribution is -0.302. The van der Waals surface area contributed by atoms with Gasteiger partial charge in [0.05, 0.1) is 0 Å². The zero-order valence-electron chi connectivity index (χ0n) is 11.8. The summed E-state index contributed by atoms with van der Waals surface area (Å²) in [6, 6.07) is 6.82. The van der Waals surface area contributed by atoms with E-state index in [0.29, 0.717) is 5.75 Å². The summed E-state index contributed by atoms with van der Waals surface area (Å²) in [7, 11) is 0. The largest absolute Gasteiger partial charge is 0.484 e. The van der Waals surface area contributed by atoms with E-state index in [0.717, 1.165) is 18.2 Å². The molecule has 0 saturated carbocycles. The lowest BCUT2D eigenvalue weighted by Gasteiger charge is -2.32. The minimum absolute atomic E-state index is 0.0212. The summed E-state index contributed by atoms with van der Waals surface area (Å²) in [5.74, 6) is -0.725. The fraction of sp³-hybridized carbons (Fsp3) is 0.429. The molecule has 0 spiro atoms. The highest BCUT2D eigenvalue weighted by Gasteiger charge is 2.61. The van der Waals surface area contributed by atoms with Gasteiger partial charge in [0.15, 0.2) is 6.61 Å². The third-order valence-corrected chi connectivity index (χ3v) is 3.31. The number of benzene rings is 1. The van der Waals surface area contributed by atoms with Gasteiger partial charge in [-0.3, -0.25) is 4.79 Å². The van der Waals surface area contributed by atoms with Gasteiger partial charge in [-0.05, 0) is 24.1 Å². The maximum atomic E-state index is 12.8. The Labute approximate surface area is 125 Å². The molecule has 8 heteroatoms. The molecule has 0 aromatic heterocycles. The Morgan fingerprint density at radius 2 is 2.05 bits per heavy atom. The second-order valence-electron chi connectivity index (χ2n) is 4.81. The van der Waals surface area contributed by atoms with Crippen LogP contribution in [-0.2, 0) is 11.2 Å². The van der Waals surface area contributed by atoms with Gasteiger partial charge < -0.3 is 9.84 Å². The number of rotatable bonds is 4. The number of carbonyl (C=O) groups excluding carboxylic acids is 1. The van der Waals surface area contributed by atoms with Crippen molar-refractivity contribution in [1.29, 1.82) is 0 Å². The summed E-state index contributed by atoms with van der Waals surface area (Å²) in [6.07, 6.45) is -4.11. The van der Waals surface area contributed by atoms with Crippen LogP contribution in [0.25, 0.3) is 0 Å². The normalized spacial score (nSPS) is 21.2. The van der Waals surface area contributed by atoms with Crippen LogP contribution in [0.1, 0.15) is 18.9 Å². The first kappa shape index (κ1) is 16.3. The van der Waals surface area contributed by atoms with Crippen LogP contribution in [-0.4, -0.2) is 40.7 Å². The molecule has 2 rings (SSSR count). The van der Waals surface area contributed by atoms with E-state index in [9.17, 15) is 23.1 Å². The molecule has 1 aromatic rings. The summed E-state index contributed by atoms with van der Waals surface area (Å²) in [5.41, 5.74) is -2.24. The van der Waals surface area contributed by atoms with E-state index in [2.05, 4.69) is 5.10 Å². The van der Waals surface area contributed by atoms with E-state index in [4.69, 9.17) is 4.74 Å². The van der Waals surface area contributed by atoms with Crippen molar-refractivity contribution in [2.75, 3.05) is 6.61 Å². The zero-order chi connectivity index (χ0) is 16.4. The molecule has 0 radical (unpaired) electrons. The fourth-order valence-corrected chi connectivity index (χ4v) is 1.97. The van der Waals surface area contributed by atoms with Crippen molar-refractivity contribution in [2.45, 2.75) is 31.7 Å². The van der Waals surface area contributed by atoms with Gasteiger partial charge in [-0.1, -0.05) is 19.1 Å². The first-order valence-electron chi connectivity index (χ1n) is 6.64. The van der Waals surface area contributed by atoms with E-state index in [1.807, 2.05) is 6.92 Å². The van der Waals surface area contributed by atoms with E-state index < -0.39 is 30.8 Å². The number of alkyl halides is 3. The second kappa shape index (κ2) is 5.96. The van der Waals surface area contributed by atoms with E-state index >= 15 is 0 Å². The molecule has 22 heavy (non-hydrogen) atoms. The average Bonchev–Trinajstić information content (AvgIpc) is 2.88. The molecular formula is C14H15F3N2O3. The lowest BCUT2D eigenvalue weighted by Crippen LogP contribution is -2.57. The topological polar surface area (TPSA) is 62.1 Å². The monoisotopic (exact) mass is 316 g/mol. The highest BCUT2D eigenvalue weighted by molar-refractivity contribution is 5.81. The smallest absolute Gasteiger partial charge is 0.438 e. The number of aliphatic hydroxyl groups is 1. The highest BCUT2D eigenvalue weighted by atomic mass is 19.4. The molecule has 0 bridgehead atoms. The van der Waals surface area contributed by atoms with Crippen molar-refractivity contribution in [3.05, 3.63) is 29.8 Å². The number of aryl methyl sites for hydroxylation is 1. The molecule has 1 atom stereocenters. The number of hydrazone groups is 1. The minimum atomic E-state index is -5.00. The molecule has 1 heterocycles. The van der Waals surface area contributed by atoms with E-state index in [1.165, 1.54) is 0 Å². The van der Waals surface area contributed by atoms with Gasteiger partial charge >= 0.3 is 6.18 Å². The van der Waals surface area contributed by atoms with Crippen molar-refractivity contribution in [3.8, 4) is 5.75 Å². The molecule has 1 aliphatic heterocycles. The number of carbonyl (C=O) groups is 1. The van der Waals surface area contributed by atoms with Crippen LogP contribution in [0.5, 0.6) is 5.75 Å². The number of hydrogen-bond donors (Lipinski definition) is 1. The Morgan fingerprint density at radius 3 is 2.59 bits per heavy atom. The van der Waals surface area contributed by atoms with Crippen molar-refractivity contribution < 1.29 is 27.8 Å². The first-order valence-corrected chi connectivity index (χ1v) is 6.64. The molecule has 1 aliphatic rings. The fourth-order valence-electron chi connectivity index (χ4n) is 1.97. The number of nitrogens with zero attached hydrogens (tertiary/aromatic N) is 2. The Bertz CT molecular complexity index is 572. The molecule has 1 N–H and O–H groups in total. The van der Waals surface area contributed by atoms with Crippen molar-refractivity contribution in [2.24, 2.45) is 5.10 Å². The maximum absolute atomic E-state index is 12.8. The second-order valence-corrected chi connectivity index (χ2v) is 4.81. The molecule has 0 aliphatic carbocycles. The van der Waals surface area contributed by atoms with Crippen LogP contribution >= 0.6 is 0 Å². The summed E-state index contributed by atoms with van der Waals surface area (Å²) in [5, 5.41) is 12.9. The Morgan fingerprint density at radius 1 is 1.41 bits per heavy atom. The Kier molecular flexibility index (Phi) is 4.41. The summed E-state index contributed by atoms with van der Waals surface area (Å²) in [4.78, 5) is 11.8. The summed E-state index contributed by atoms with van der Waals surface area (Å²) in [6.45, 7) is 1.32. The standard InChI is InChI=1S/C14H15F3N2O3/c1-2-10-3-5-11(6-4-10)22-9-12(20)19-13(21,7-8-18-19)14(15,16)17/h3-6,8,21H,2,7,9H2,1H3. The van der Waals surface area contributed by atoms with Gasteiger partial charge in [0.25, 0.3) is 11.6 Å². The van der Waals surface area contributed by atoms with Gasteiger partial charge in [-0.15, -0.1) is 0 Å². The maximum Gasteiger partial charge on any atom is 0.438 e. The van der Waals surface area contributed by atoms with Gasteiger partial charge in [-0.2, -0.15) is 23.3 Å². The molecule has 120 valence electrons. The predicted molar refractivity (Wildman–Crippen MR) is 72.3 cm³/mol. The summed E-state index contributed by atoms with van der Waals surface area (Å²) < 4.78 is 43.7. The molecule has 1 amide bonds. The third kappa shape index (κ3) is 3.06. The van der Waals surface area contributed by atoms with E-state index in [1.54, 1.807) is 24.3 Å². The van der Waals surface area contributed by atoms with Gasteiger partial charge in [0.1, 0.15) is 5.75 Å². The highest BCUT2D eigenvalue weighted by Crippen LogP contribution is 2.38. The minimum Gasteiger partial charge on any atom is -0.484 e. The van der Waals surface area contributed by atoms with Crippen LogP contribution in [0, 0.1) is 0 Å². The van der Waals surface area contributed by atoms with Crippen LogP contribution in [0.4, 0.5) is 13.2 Å². The van der Waals surface area contributed by atoms with Crippen LogP contribution in [0.15, 0.2) is 29.4 Å². The molecular weight excluding hydrogens is 301 g/mol. The van der Waals surface area contributed by atoms with Crippen LogP contribution in [0.2, 0.25) is 0 Å². The quantitative estimate of drug-likeness (QED) is 0.925. The van der Waals surface area contributed by atoms with E-state index in [-0.39, 0.29) is 5.01 Å². The lowest BCUT2D eigenvalue weighted by atomic mass is 10.1. The number of halogens is 3. The molecule has 0 fully saturated rings. The molecule has 1 unspecified atom stereocenters. The zero-order valence-corrected chi connectivity index (χ0v) is 11.8. The van der Waals surface area contributed by atoms with Gasteiger partial charge in [0, 0.05) is 12.6 Å². The predicted octanol–water partition coefficient (Wildman–Crippen LogP) is 2.10. The summed E-state index contributed by atoms with van der Waals surface area (Å²) >= 11 is 0.